The molecule has 1 amide bonds. The van der Waals surface area contributed by atoms with Crippen LogP contribution in [0.3, 0.4) is 0 Å². The van der Waals surface area contributed by atoms with E-state index in [1.165, 1.54) is 32.2 Å². The Bertz CT molecular complexity index is 340. The molecule has 1 heterocycles. The molecule has 4 heteroatoms. The molecular formula is C16H28N2O2. The number of amides is 1. The molecule has 0 aromatic rings. The Morgan fingerprint density at radius 3 is 2.35 bits per heavy atom. The van der Waals surface area contributed by atoms with Crippen LogP contribution in [0.5, 0.6) is 0 Å². The van der Waals surface area contributed by atoms with Crippen molar-refractivity contribution in [2.45, 2.75) is 38.5 Å². The summed E-state index contributed by atoms with van der Waals surface area (Å²) in [6.07, 6.45) is 7.70. The Labute approximate surface area is 122 Å². The monoisotopic (exact) mass is 280 g/mol. The van der Waals surface area contributed by atoms with Crippen LogP contribution < -0.4 is 0 Å². The Morgan fingerprint density at radius 2 is 1.80 bits per heavy atom. The molecule has 3 aliphatic rings. The van der Waals surface area contributed by atoms with Crippen LogP contribution in [0.15, 0.2) is 0 Å². The second-order valence-electron chi connectivity index (χ2n) is 6.96. The van der Waals surface area contributed by atoms with Gasteiger partial charge in [-0.3, -0.25) is 9.69 Å². The highest BCUT2D eigenvalue weighted by Gasteiger charge is 2.51. The lowest BCUT2D eigenvalue weighted by molar-refractivity contribution is -0.140. The normalized spacial score (nSPS) is 26.9. The molecule has 114 valence electrons. The van der Waals surface area contributed by atoms with Crippen molar-refractivity contribution in [1.29, 1.82) is 0 Å². The van der Waals surface area contributed by atoms with Crippen molar-refractivity contribution >= 4 is 5.91 Å². The number of rotatable bonds is 5. The van der Waals surface area contributed by atoms with Gasteiger partial charge in [-0.1, -0.05) is 12.8 Å². The van der Waals surface area contributed by atoms with Gasteiger partial charge in [-0.2, -0.15) is 0 Å². The predicted octanol–water partition coefficient (Wildman–Crippen LogP) is 1.75. The number of carbonyl (C=O) groups is 1. The van der Waals surface area contributed by atoms with Crippen LogP contribution in [0.2, 0.25) is 0 Å². The molecule has 0 radical (unpaired) electrons. The minimum atomic E-state index is -0.150. The summed E-state index contributed by atoms with van der Waals surface area (Å²) in [5.41, 5.74) is -0.150. The largest absolute Gasteiger partial charge is 0.384 e. The van der Waals surface area contributed by atoms with Crippen LogP contribution in [-0.2, 0) is 9.53 Å². The zero-order valence-electron chi connectivity index (χ0n) is 12.8. The number of hydrogen-bond donors (Lipinski definition) is 0. The molecule has 3 fully saturated rings. The van der Waals surface area contributed by atoms with Gasteiger partial charge in [-0.05, 0) is 31.6 Å². The van der Waals surface area contributed by atoms with Crippen LogP contribution in [-0.4, -0.2) is 62.1 Å². The molecule has 2 aliphatic carbocycles. The van der Waals surface area contributed by atoms with Crippen molar-refractivity contribution in [3.05, 3.63) is 0 Å². The summed E-state index contributed by atoms with van der Waals surface area (Å²) in [4.78, 5) is 17.2. The minimum absolute atomic E-state index is 0.150. The summed E-state index contributed by atoms with van der Waals surface area (Å²) >= 11 is 0. The number of carbonyl (C=O) groups excluding carboxylic acids is 1. The molecule has 0 spiro atoms. The Morgan fingerprint density at radius 1 is 1.15 bits per heavy atom. The van der Waals surface area contributed by atoms with Crippen molar-refractivity contribution in [3.63, 3.8) is 0 Å². The first kappa shape index (κ1) is 14.3. The van der Waals surface area contributed by atoms with Crippen molar-refractivity contribution in [2.75, 3.05) is 46.4 Å². The van der Waals surface area contributed by atoms with E-state index >= 15 is 0 Å². The molecule has 1 aliphatic heterocycles. The highest BCUT2D eigenvalue weighted by Crippen LogP contribution is 2.47. The first-order valence-electron chi connectivity index (χ1n) is 8.24. The second-order valence-corrected chi connectivity index (χ2v) is 6.96. The molecular weight excluding hydrogens is 252 g/mol. The third-order valence-electron chi connectivity index (χ3n) is 5.38. The molecule has 20 heavy (non-hydrogen) atoms. The van der Waals surface area contributed by atoms with Crippen LogP contribution in [0.1, 0.15) is 38.5 Å². The number of hydrogen-bond acceptors (Lipinski definition) is 3. The summed E-state index contributed by atoms with van der Waals surface area (Å²) in [6.45, 7) is 5.81. The molecule has 0 bridgehead atoms. The fraction of sp³-hybridized carbons (Fsp3) is 0.938. The molecule has 2 saturated carbocycles. The highest BCUT2D eigenvalue weighted by atomic mass is 16.5. The highest BCUT2D eigenvalue weighted by molar-refractivity contribution is 5.85. The summed E-state index contributed by atoms with van der Waals surface area (Å²) in [5.74, 6) is 1.26. The van der Waals surface area contributed by atoms with Gasteiger partial charge in [0.2, 0.25) is 5.91 Å². The van der Waals surface area contributed by atoms with Crippen LogP contribution >= 0.6 is 0 Å². The maximum absolute atomic E-state index is 12.6. The van der Waals surface area contributed by atoms with E-state index in [-0.39, 0.29) is 5.41 Å². The number of nitrogens with zero attached hydrogens (tertiary/aromatic N) is 2. The van der Waals surface area contributed by atoms with Crippen molar-refractivity contribution in [1.82, 2.24) is 9.80 Å². The van der Waals surface area contributed by atoms with E-state index in [1.54, 1.807) is 7.11 Å². The smallest absolute Gasteiger partial charge is 0.231 e. The summed E-state index contributed by atoms with van der Waals surface area (Å²) in [7, 11) is 1.70. The number of ether oxygens (including phenoxy) is 1. The average Bonchev–Trinajstić information content (AvgIpc) is 3.07. The summed E-state index contributed by atoms with van der Waals surface area (Å²) in [6, 6.07) is 0. The van der Waals surface area contributed by atoms with E-state index in [0.29, 0.717) is 12.5 Å². The summed E-state index contributed by atoms with van der Waals surface area (Å²) in [5, 5.41) is 0. The second kappa shape index (κ2) is 6.02. The van der Waals surface area contributed by atoms with E-state index in [0.717, 1.165) is 44.9 Å². The van der Waals surface area contributed by atoms with Crippen molar-refractivity contribution in [2.24, 2.45) is 11.3 Å². The van der Waals surface area contributed by atoms with Gasteiger partial charge >= 0.3 is 0 Å². The Balaban J connectivity index is 1.45. The third kappa shape index (κ3) is 3.01. The standard InChI is InChI=1S/C16H28N2O2/c1-20-13-16(6-7-16)15(19)18-10-8-17(9-11-18)12-14-4-2-3-5-14/h14H,2-13H2,1H3. The van der Waals surface area contributed by atoms with Crippen LogP contribution in [0, 0.1) is 11.3 Å². The van der Waals surface area contributed by atoms with Gasteiger partial charge in [0.1, 0.15) is 0 Å². The van der Waals surface area contributed by atoms with E-state index in [2.05, 4.69) is 9.80 Å². The molecule has 0 atom stereocenters. The first-order valence-corrected chi connectivity index (χ1v) is 8.24. The molecule has 0 N–H and O–H groups in total. The lowest BCUT2D eigenvalue weighted by Crippen LogP contribution is -2.52. The SMILES string of the molecule is COCC1(C(=O)N2CCN(CC3CCCC3)CC2)CC1. The lowest BCUT2D eigenvalue weighted by atomic mass is 10.1. The van der Waals surface area contributed by atoms with Gasteiger partial charge < -0.3 is 9.64 Å². The number of piperazine rings is 1. The minimum Gasteiger partial charge on any atom is -0.384 e. The van der Waals surface area contributed by atoms with E-state index in [1.807, 2.05) is 0 Å². The third-order valence-corrected chi connectivity index (χ3v) is 5.38. The molecule has 0 aromatic carbocycles. The zero-order chi connectivity index (χ0) is 14.0. The van der Waals surface area contributed by atoms with Crippen LogP contribution in [0.25, 0.3) is 0 Å². The molecule has 0 unspecified atom stereocenters. The maximum Gasteiger partial charge on any atom is 0.231 e. The molecule has 4 nitrogen and oxygen atoms in total. The Kier molecular flexibility index (Phi) is 4.32. The number of methoxy groups -OCH3 is 1. The van der Waals surface area contributed by atoms with Gasteiger partial charge in [0.25, 0.3) is 0 Å². The average molecular weight is 280 g/mol. The fourth-order valence-electron chi connectivity index (χ4n) is 3.87. The predicted molar refractivity (Wildman–Crippen MR) is 78.5 cm³/mol. The van der Waals surface area contributed by atoms with E-state index in [4.69, 9.17) is 4.74 Å². The van der Waals surface area contributed by atoms with Crippen LogP contribution in [0.4, 0.5) is 0 Å². The molecule has 1 saturated heterocycles. The van der Waals surface area contributed by atoms with E-state index < -0.39 is 0 Å². The maximum atomic E-state index is 12.6. The molecule has 0 aromatic heterocycles. The van der Waals surface area contributed by atoms with Gasteiger partial charge in [-0.15, -0.1) is 0 Å². The van der Waals surface area contributed by atoms with Crippen molar-refractivity contribution < 1.29 is 9.53 Å². The van der Waals surface area contributed by atoms with Crippen molar-refractivity contribution in [3.8, 4) is 0 Å². The van der Waals surface area contributed by atoms with Gasteiger partial charge in [-0.25, -0.2) is 0 Å². The van der Waals surface area contributed by atoms with Gasteiger partial charge in [0.05, 0.1) is 12.0 Å². The fourth-order valence-corrected chi connectivity index (χ4v) is 3.87. The Hall–Kier alpha value is -0.610. The summed E-state index contributed by atoms with van der Waals surface area (Å²) < 4.78 is 5.23. The first-order chi connectivity index (χ1) is 9.73. The topological polar surface area (TPSA) is 32.8 Å². The lowest BCUT2D eigenvalue weighted by Gasteiger charge is -2.37. The van der Waals surface area contributed by atoms with Gasteiger partial charge in [0.15, 0.2) is 0 Å². The van der Waals surface area contributed by atoms with E-state index in [9.17, 15) is 4.79 Å². The molecule has 3 rings (SSSR count). The zero-order valence-corrected chi connectivity index (χ0v) is 12.8. The quantitative estimate of drug-likeness (QED) is 0.769. The van der Waals surface area contributed by atoms with Gasteiger partial charge in [0, 0.05) is 39.8 Å².